The van der Waals surface area contributed by atoms with Gasteiger partial charge in [0.25, 0.3) is 11.4 Å². The van der Waals surface area contributed by atoms with Crippen molar-refractivity contribution >= 4 is 17.4 Å². The van der Waals surface area contributed by atoms with E-state index in [2.05, 4.69) is 10.1 Å². The molecule has 9 heteroatoms. The molecule has 8 nitrogen and oxygen atoms in total. The zero-order chi connectivity index (χ0) is 17.7. The average Bonchev–Trinajstić information content (AvgIpc) is 2.57. The summed E-state index contributed by atoms with van der Waals surface area (Å²) in [5.74, 6) is 0.425. The van der Waals surface area contributed by atoms with Gasteiger partial charge >= 0.3 is 0 Å². The summed E-state index contributed by atoms with van der Waals surface area (Å²) in [6, 6.07) is 6.81. The zero-order valence-electron chi connectivity index (χ0n) is 12.8. The van der Waals surface area contributed by atoms with E-state index in [0.717, 1.165) is 5.56 Å². The Labute approximate surface area is 144 Å². The first kappa shape index (κ1) is 18.4. The van der Waals surface area contributed by atoms with Gasteiger partial charge in [0.1, 0.15) is 24.1 Å². The van der Waals surface area contributed by atoms with Crippen LogP contribution in [0.1, 0.15) is 12.5 Å². The molecule has 0 bridgehead atoms. The van der Waals surface area contributed by atoms with E-state index >= 15 is 0 Å². The van der Waals surface area contributed by atoms with Crippen LogP contribution in [0.2, 0.25) is 0 Å². The third kappa shape index (κ3) is 4.53. The van der Waals surface area contributed by atoms with Gasteiger partial charge < -0.3 is 34.8 Å². The molecule has 2 rings (SSSR count). The highest BCUT2D eigenvalue weighted by molar-refractivity contribution is 7.80. The van der Waals surface area contributed by atoms with Crippen LogP contribution in [0.5, 0.6) is 5.75 Å². The van der Waals surface area contributed by atoms with Gasteiger partial charge in [-0.2, -0.15) is 0 Å². The predicted molar refractivity (Wildman–Crippen MR) is 85.6 cm³/mol. The Hall–Kier alpha value is -1.96. The molecule has 1 aliphatic rings. The topological polar surface area (TPSA) is 124 Å². The molecule has 130 valence electrons. The molecule has 1 aromatic carbocycles. The van der Waals surface area contributed by atoms with E-state index in [-0.39, 0.29) is 5.17 Å². The summed E-state index contributed by atoms with van der Waals surface area (Å²) in [6.45, 7) is 1.95. The fourth-order valence-electron chi connectivity index (χ4n) is 2.18. The average molecular weight is 354 g/mol. The maximum atomic E-state index is 9.91. The van der Waals surface area contributed by atoms with Crippen molar-refractivity contribution in [3.05, 3.63) is 29.8 Å². The second-order valence-corrected chi connectivity index (χ2v) is 5.65. The summed E-state index contributed by atoms with van der Waals surface area (Å²) in [7, 11) is 0. The van der Waals surface area contributed by atoms with Crippen molar-refractivity contribution < 1.29 is 29.5 Å². The Morgan fingerprint density at radius 2 is 1.92 bits per heavy atom. The number of rotatable bonds is 4. The van der Waals surface area contributed by atoms with Crippen molar-refractivity contribution in [1.29, 1.82) is 5.26 Å². The van der Waals surface area contributed by atoms with Crippen molar-refractivity contribution in [2.24, 2.45) is 0 Å². The van der Waals surface area contributed by atoms with Gasteiger partial charge in [0.05, 0.1) is 6.10 Å². The molecule has 1 saturated heterocycles. The molecule has 5 atom stereocenters. The van der Waals surface area contributed by atoms with Gasteiger partial charge in [-0.1, -0.05) is 12.1 Å². The number of aliphatic hydroxyl groups excluding tert-OH is 3. The quantitative estimate of drug-likeness (QED) is 0.428. The van der Waals surface area contributed by atoms with Gasteiger partial charge in [-0.15, -0.1) is 5.26 Å². The normalized spacial score (nSPS) is 29.4. The summed E-state index contributed by atoms with van der Waals surface area (Å²) in [5, 5.41) is 40.4. The maximum Gasteiger partial charge on any atom is 0.294 e. The van der Waals surface area contributed by atoms with Gasteiger partial charge in [-0.3, -0.25) is 0 Å². The molecular formula is C15H18N2O6S. The summed E-state index contributed by atoms with van der Waals surface area (Å²) in [4.78, 5) is 0. The number of ether oxygens (including phenoxy) is 3. The second kappa shape index (κ2) is 8.23. The van der Waals surface area contributed by atoms with Crippen LogP contribution in [-0.2, 0) is 16.0 Å². The van der Waals surface area contributed by atoms with Gasteiger partial charge in [-0.25, -0.2) is 0 Å². The minimum absolute atomic E-state index is 0.0157. The van der Waals surface area contributed by atoms with Crippen LogP contribution >= 0.6 is 12.2 Å². The van der Waals surface area contributed by atoms with Crippen molar-refractivity contribution in [1.82, 2.24) is 5.32 Å². The Morgan fingerprint density at radius 3 is 2.54 bits per heavy atom. The fourth-order valence-corrected chi connectivity index (χ4v) is 2.29. The van der Waals surface area contributed by atoms with Crippen LogP contribution in [0.15, 0.2) is 24.3 Å². The van der Waals surface area contributed by atoms with E-state index in [4.69, 9.17) is 27.0 Å². The van der Waals surface area contributed by atoms with Crippen LogP contribution in [-0.4, -0.2) is 51.2 Å². The molecule has 1 aromatic rings. The lowest BCUT2D eigenvalue weighted by atomic mass is 10.00. The molecule has 1 fully saturated rings. The van der Waals surface area contributed by atoms with E-state index in [1.807, 2.05) is 0 Å². The number of aliphatic hydroxyl groups is 3. The van der Waals surface area contributed by atoms with E-state index in [0.29, 0.717) is 12.3 Å². The summed E-state index contributed by atoms with van der Waals surface area (Å²) < 4.78 is 15.3. The molecule has 24 heavy (non-hydrogen) atoms. The predicted octanol–water partition coefficient (Wildman–Crippen LogP) is -0.235. The van der Waals surface area contributed by atoms with Crippen LogP contribution in [0.25, 0.3) is 0 Å². The zero-order valence-corrected chi connectivity index (χ0v) is 13.6. The highest BCUT2D eigenvalue weighted by Gasteiger charge is 2.43. The lowest BCUT2D eigenvalue weighted by molar-refractivity contribution is -0.268. The first-order valence-electron chi connectivity index (χ1n) is 7.21. The Morgan fingerprint density at radius 1 is 1.25 bits per heavy atom. The van der Waals surface area contributed by atoms with Gasteiger partial charge in [0.15, 0.2) is 0 Å². The third-order valence-corrected chi connectivity index (χ3v) is 3.79. The first-order chi connectivity index (χ1) is 11.4. The number of hydrogen-bond donors (Lipinski definition) is 4. The summed E-state index contributed by atoms with van der Waals surface area (Å²) in [6.07, 6.45) is -4.16. The third-order valence-electron chi connectivity index (χ3n) is 3.56. The Balaban J connectivity index is 1.92. The standard InChI is InChI=1S/C15H18N2O6S/c1-8-11(18)12(19)13(20)14(22-8)23-10-4-2-9(3-5-10)6-17-15(24)21-7-16/h2-5,8,11-14,18-20H,6H2,1H3,(H,17,24)/t8-,11-,12+,13+,14-/m0/s1. The van der Waals surface area contributed by atoms with Crippen molar-refractivity contribution in [3.63, 3.8) is 0 Å². The SMILES string of the molecule is C[C@@H]1O[C@@H](Oc2ccc(CNC(=S)OC#N)cc2)[C@H](O)[C@H](O)[C@H]1O. The summed E-state index contributed by atoms with van der Waals surface area (Å²) >= 11 is 4.76. The molecule has 1 aliphatic heterocycles. The van der Waals surface area contributed by atoms with E-state index in [9.17, 15) is 15.3 Å². The van der Waals surface area contributed by atoms with Crippen LogP contribution < -0.4 is 10.1 Å². The number of benzene rings is 1. The second-order valence-electron chi connectivity index (χ2n) is 5.28. The highest BCUT2D eigenvalue weighted by atomic mass is 32.1. The number of thiocarbonyl (C=S) groups is 1. The minimum Gasteiger partial charge on any atom is -0.462 e. The minimum atomic E-state index is -1.36. The van der Waals surface area contributed by atoms with Crippen molar-refractivity contribution in [2.75, 3.05) is 0 Å². The fraction of sp³-hybridized carbons (Fsp3) is 0.467. The molecule has 0 spiro atoms. The molecule has 0 aliphatic carbocycles. The maximum absolute atomic E-state index is 9.91. The highest BCUT2D eigenvalue weighted by Crippen LogP contribution is 2.24. The van der Waals surface area contributed by atoms with Gasteiger partial charge in [-0.05, 0) is 36.8 Å². The molecule has 0 radical (unpaired) electrons. The number of nitrogens with zero attached hydrogens (tertiary/aromatic N) is 1. The Kier molecular flexibility index (Phi) is 6.30. The van der Waals surface area contributed by atoms with E-state index in [1.54, 1.807) is 31.2 Å². The number of nitriles is 1. The lowest BCUT2D eigenvalue weighted by Crippen LogP contribution is -2.58. The van der Waals surface area contributed by atoms with Crippen LogP contribution in [0, 0.1) is 11.5 Å². The van der Waals surface area contributed by atoms with E-state index < -0.39 is 30.7 Å². The molecule has 0 aromatic heterocycles. The monoisotopic (exact) mass is 354 g/mol. The number of hydrogen-bond acceptors (Lipinski definition) is 8. The van der Waals surface area contributed by atoms with Crippen molar-refractivity contribution in [2.45, 2.75) is 44.2 Å². The molecule has 1 heterocycles. The Bertz CT molecular complexity index is 605. The first-order valence-corrected chi connectivity index (χ1v) is 7.62. The largest absolute Gasteiger partial charge is 0.462 e. The molecule has 0 amide bonds. The van der Waals surface area contributed by atoms with E-state index in [1.165, 1.54) is 6.26 Å². The summed E-state index contributed by atoms with van der Waals surface area (Å²) in [5.41, 5.74) is 0.861. The lowest BCUT2D eigenvalue weighted by Gasteiger charge is -2.38. The molecule has 0 unspecified atom stereocenters. The molecular weight excluding hydrogens is 336 g/mol. The van der Waals surface area contributed by atoms with Crippen LogP contribution in [0.3, 0.4) is 0 Å². The smallest absolute Gasteiger partial charge is 0.294 e. The molecule has 0 saturated carbocycles. The molecule has 4 N–H and O–H groups in total. The van der Waals surface area contributed by atoms with Gasteiger partial charge in [0, 0.05) is 6.54 Å². The van der Waals surface area contributed by atoms with Crippen molar-refractivity contribution in [3.8, 4) is 12.0 Å². The number of nitrogens with one attached hydrogen (secondary N) is 1. The van der Waals surface area contributed by atoms with Crippen LogP contribution in [0.4, 0.5) is 0 Å². The van der Waals surface area contributed by atoms with Gasteiger partial charge in [0.2, 0.25) is 6.29 Å².